The van der Waals surface area contributed by atoms with Crippen LogP contribution in [0.1, 0.15) is 61.8 Å². The largest absolute Gasteiger partial charge is 0.493 e. The van der Waals surface area contributed by atoms with E-state index in [1.54, 1.807) is 23.2 Å². The fourth-order valence-electron chi connectivity index (χ4n) is 6.32. The number of aromatic nitrogens is 3. The van der Waals surface area contributed by atoms with E-state index in [4.69, 9.17) is 9.72 Å². The van der Waals surface area contributed by atoms with Crippen molar-refractivity contribution in [3.8, 4) is 16.9 Å². The SMILES string of the molecule is CC(C)c1cccc(C(C)C)c1NC(=O)Nc1c(-c2cccc(OCCc3ccncc3)c2)c2cccnc2n(CCc2ccccc2)c1=O. The summed E-state index contributed by atoms with van der Waals surface area (Å²) in [6, 6.07) is 31.0. The number of amides is 2. The molecular formula is C42H43N5O3. The number of hydrogen-bond acceptors (Lipinski definition) is 5. The van der Waals surface area contributed by atoms with Gasteiger partial charge in [-0.05, 0) is 82.5 Å². The number of nitrogens with zero attached hydrogens (tertiary/aromatic N) is 3. The van der Waals surface area contributed by atoms with Crippen LogP contribution in [-0.4, -0.2) is 27.2 Å². The summed E-state index contributed by atoms with van der Waals surface area (Å²) in [5.41, 5.74) is 6.78. The van der Waals surface area contributed by atoms with Crippen molar-refractivity contribution < 1.29 is 9.53 Å². The summed E-state index contributed by atoms with van der Waals surface area (Å²) in [5, 5.41) is 6.89. The Morgan fingerprint density at radius 3 is 2.14 bits per heavy atom. The van der Waals surface area contributed by atoms with Crippen LogP contribution in [0.25, 0.3) is 22.2 Å². The number of anilines is 2. The lowest BCUT2D eigenvalue weighted by atomic mass is 9.93. The van der Waals surface area contributed by atoms with Gasteiger partial charge in [-0.3, -0.25) is 14.3 Å². The van der Waals surface area contributed by atoms with Crippen molar-refractivity contribution in [2.45, 2.75) is 58.9 Å². The Morgan fingerprint density at radius 1 is 0.740 bits per heavy atom. The Balaban J connectivity index is 1.42. The fraction of sp³-hybridized carbons (Fsp3) is 0.238. The number of carbonyl (C=O) groups excluding carboxylic acids is 1. The maximum absolute atomic E-state index is 14.6. The molecule has 0 aliphatic carbocycles. The molecule has 3 aromatic heterocycles. The summed E-state index contributed by atoms with van der Waals surface area (Å²) in [4.78, 5) is 37.4. The molecule has 0 bridgehead atoms. The molecule has 0 spiro atoms. The van der Waals surface area contributed by atoms with Gasteiger partial charge < -0.3 is 15.4 Å². The normalized spacial score (nSPS) is 11.2. The van der Waals surface area contributed by atoms with Crippen LogP contribution in [0, 0.1) is 0 Å². The average molecular weight is 666 g/mol. The number of para-hydroxylation sites is 1. The number of pyridine rings is 3. The smallest absolute Gasteiger partial charge is 0.323 e. The second-order valence-corrected chi connectivity index (χ2v) is 13.0. The number of rotatable bonds is 12. The van der Waals surface area contributed by atoms with Gasteiger partial charge >= 0.3 is 6.03 Å². The molecule has 50 heavy (non-hydrogen) atoms. The molecule has 0 saturated carbocycles. The number of ether oxygens (including phenoxy) is 1. The van der Waals surface area contributed by atoms with Crippen LogP contribution in [0.4, 0.5) is 16.2 Å². The number of nitrogens with one attached hydrogen (secondary N) is 2. The maximum atomic E-state index is 14.6. The predicted octanol–water partition coefficient (Wildman–Crippen LogP) is 9.21. The van der Waals surface area contributed by atoms with E-state index >= 15 is 0 Å². The first-order chi connectivity index (χ1) is 24.3. The zero-order valence-electron chi connectivity index (χ0n) is 29.0. The third-order valence-corrected chi connectivity index (χ3v) is 8.87. The number of benzene rings is 3. The summed E-state index contributed by atoms with van der Waals surface area (Å²) in [7, 11) is 0. The molecule has 0 aliphatic heterocycles. The van der Waals surface area contributed by atoms with Crippen molar-refractivity contribution >= 4 is 28.4 Å². The molecule has 8 heteroatoms. The molecule has 0 unspecified atom stereocenters. The lowest BCUT2D eigenvalue weighted by molar-refractivity contribution is 0.262. The van der Waals surface area contributed by atoms with Gasteiger partial charge in [0.05, 0.1) is 6.61 Å². The molecule has 6 aromatic rings. The Hall–Kier alpha value is -5.76. The Bertz CT molecular complexity index is 2120. The number of hydrogen-bond donors (Lipinski definition) is 2. The summed E-state index contributed by atoms with van der Waals surface area (Å²) in [5.74, 6) is 1.02. The van der Waals surface area contributed by atoms with E-state index in [0.717, 1.165) is 45.3 Å². The molecule has 0 aliphatic rings. The molecule has 6 rings (SSSR count). The van der Waals surface area contributed by atoms with Gasteiger partial charge in [-0.25, -0.2) is 9.78 Å². The summed E-state index contributed by atoms with van der Waals surface area (Å²) in [6.45, 7) is 9.28. The lowest BCUT2D eigenvalue weighted by Crippen LogP contribution is -2.30. The minimum absolute atomic E-state index is 0.179. The lowest BCUT2D eigenvalue weighted by Gasteiger charge is -2.22. The molecule has 0 saturated heterocycles. The minimum Gasteiger partial charge on any atom is -0.493 e. The molecule has 2 N–H and O–H groups in total. The van der Waals surface area contributed by atoms with E-state index in [-0.39, 0.29) is 23.1 Å². The number of urea groups is 1. The first-order valence-electron chi connectivity index (χ1n) is 17.2. The molecule has 0 fully saturated rings. The summed E-state index contributed by atoms with van der Waals surface area (Å²) >= 11 is 0. The van der Waals surface area contributed by atoms with Crippen molar-refractivity contribution in [1.29, 1.82) is 0 Å². The van der Waals surface area contributed by atoms with Crippen LogP contribution >= 0.6 is 0 Å². The average Bonchev–Trinajstić information content (AvgIpc) is 3.12. The van der Waals surface area contributed by atoms with Gasteiger partial charge in [-0.1, -0.05) is 88.4 Å². The maximum Gasteiger partial charge on any atom is 0.323 e. The monoisotopic (exact) mass is 665 g/mol. The molecule has 3 heterocycles. The van der Waals surface area contributed by atoms with Crippen LogP contribution in [0.15, 0.2) is 120 Å². The Kier molecular flexibility index (Phi) is 10.7. The van der Waals surface area contributed by atoms with Crippen molar-refractivity contribution in [2.24, 2.45) is 0 Å². The highest BCUT2D eigenvalue weighted by atomic mass is 16.5. The summed E-state index contributed by atoms with van der Waals surface area (Å²) < 4.78 is 7.84. The molecule has 8 nitrogen and oxygen atoms in total. The van der Waals surface area contributed by atoms with Gasteiger partial charge in [0, 0.05) is 48.2 Å². The molecule has 254 valence electrons. The van der Waals surface area contributed by atoms with Crippen molar-refractivity contribution in [3.05, 3.63) is 148 Å². The number of carbonyl (C=O) groups is 1. The second-order valence-electron chi connectivity index (χ2n) is 13.0. The predicted molar refractivity (Wildman–Crippen MR) is 202 cm³/mol. The zero-order valence-corrected chi connectivity index (χ0v) is 29.0. The van der Waals surface area contributed by atoms with Crippen molar-refractivity contribution in [3.63, 3.8) is 0 Å². The Morgan fingerprint density at radius 2 is 1.42 bits per heavy atom. The first kappa shape index (κ1) is 34.1. The molecule has 0 atom stereocenters. The highest BCUT2D eigenvalue weighted by molar-refractivity contribution is 6.07. The van der Waals surface area contributed by atoms with Gasteiger partial charge in [0.1, 0.15) is 17.1 Å². The fourth-order valence-corrected chi connectivity index (χ4v) is 6.32. The van der Waals surface area contributed by atoms with Gasteiger partial charge in [-0.2, -0.15) is 0 Å². The topological polar surface area (TPSA) is 98.1 Å². The van der Waals surface area contributed by atoms with Gasteiger partial charge in [-0.15, -0.1) is 0 Å². The van der Waals surface area contributed by atoms with E-state index in [1.807, 2.05) is 97.1 Å². The van der Waals surface area contributed by atoms with E-state index in [9.17, 15) is 9.59 Å². The van der Waals surface area contributed by atoms with Crippen LogP contribution in [-0.2, 0) is 19.4 Å². The van der Waals surface area contributed by atoms with Gasteiger partial charge in [0.2, 0.25) is 0 Å². The quantitative estimate of drug-likeness (QED) is 0.136. The second kappa shape index (κ2) is 15.6. The molecule has 2 amide bonds. The van der Waals surface area contributed by atoms with Gasteiger partial charge in [0.15, 0.2) is 0 Å². The third-order valence-electron chi connectivity index (χ3n) is 8.87. The van der Waals surface area contributed by atoms with Crippen molar-refractivity contribution in [1.82, 2.24) is 14.5 Å². The highest BCUT2D eigenvalue weighted by Gasteiger charge is 2.23. The van der Waals surface area contributed by atoms with Crippen LogP contribution in [0.2, 0.25) is 0 Å². The molecule has 0 radical (unpaired) electrons. The van der Waals surface area contributed by atoms with E-state index < -0.39 is 6.03 Å². The van der Waals surface area contributed by atoms with E-state index in [2.05, 4.69) is 43.3 Å². The number of aryl methyl sites for hydroxylation is 2. The van der Waals surface area contributed by atoms with Gasteiger partial charge in [0.25, 0.3) is 5.56 Å². The van der Waals surface area contributed by atoms with Crippen LogP contribution in [0.3, 0.4) is 0 Å². The summed E-state index contributed by atoms with van der Waals surface area (Å²) in [6.07, 6.45) is 6.58. The third kappa shape index (κ3) is 7.76. The van der Waals surface area contributed by atoms with Crippen molar-refractivity contribution in [2.75, 3.05) is 17.2 Å². The zero-order chi connectivity index (χ0) is 35.0. The highest BCUT2D eigenvalue weighted by Crippen LogP contribution is 2.36. The molecular weight excluding hydrogens is 622 g/mol. The minimum atomic E-state index is -0.485. The van der Waals surface area contributed by atoms with Crippen LogP contribution < -0.4 is 20.9 Å². The van der Waals surface area contributed by atoms with E-state index in [1.165, 1.54) is 0 Å². The standard InChI is InChI=1S/C42H43N5O3/c1-28(2)34-15-9-16-35(29(3)4)38(34)45-42(49)46-39-37(32-13-8-14-33(27-32)50-26-21-31-18-23-43-24-19-31)36-17-10-22-44-40(36)47(41(39)48)25-20-30-11-6-5-7-12-30/h5-19,22-24,27-29H,20-21,25-26H2,1-4H3,(H2,45,46,49). The first-order valence-corrected chi connectivity index (χ1v) is 17.2. The Labute approximate surface area is 293 Å². The number of fused-ring (bicyclic) bond motifs is 1. The van der Waals surface area contributed by atoms with Crippen LogP contribution in [0.5, 0.6) is 5.75 Å². The molecule has 3 aromatic carbocycles. The van der Waals surface area contributed by atoms with E-state index in [0.29, 0.717) is 36.5 Å².